The summed E-state index contributed by atoms with van der Waals surface area (Å²) < 4.78 is 25.6. The van der Waals surface area contributed by atoms with Gasteiger partial charge in [-0.15, -0.1) is 11.6 Å². The Morgan fingerprint density at radius 1 is 1.43 bits per heavy atom. The van der Waals surface area contributed by atoms with E-state index in [0.717, 1.165) is 24.3 Å². The Bertz CT molecular complexity index is 302. The molecule has 0 aromatic heterocycles. The van der Waals surface area contributed by atoms with E-state index in [1.54, 1.807) is 16.1 Å². The van der Waals surface area contributed by atoms with Crippen LogP contribution in [0.15, 0.2) is 0 Å². The number of halogens is 1. The lowest BCUT2D eigenvalue weighted by molar-refractivity contribution is 0.369. The first-order chi connectivity index (χ1) is 6.66. The first kappa shape index (κ1) is 11.0. The summed E-state index contributed by atoms with van der Waals surface area (Å²) in [5.74, 6) is 2.16. The van der Waals surface area contributed by atoms with Crippen molar-refractivity contribution in [3.63, 3.8) is 0 Å². The molecule has 0 aromatic rings. The van der Waals surface area contributed by atoms with E-state index < -0.39 is 10.0 Å². The summed E-state index contributed by atoms with van der Waals surface area (Å²) in [6.45, 7) is 0.640. The van der Waals surface area contributed by atoms with Crippen molar-refractivity contribution in [2.45, 2.75) is 24.1 Å². The van der Waals surface area contributed by atoms with Gasteiger partial charge < -0.3 is 0 Å². The fraction of sp³-hybridized carbons (Fsp3) is 1.00. The SMILES string of the molecule is O=S(=O)(C1CC1)N1CCSCC1CCl. The third-order valence-electron chi connectivity index (χ3n) is 2.62. The minimum absolute atomic E-state index is 0.0148. The molecule has 2 fully saturated rings. The smallest absolute Gasteiger partial charge is 0.212 e. The molecule has 6 heteroatoms. The van der Waals surface area contributed by atoms with E-state index in [0.29, 0.717) is 12.4 Å². The molecule has 0 aromatic carbocycles. The standard InChI is InChI=1S/C8H14ClNO2S2/c9-5-7-6-13-4-3-10(7)14(11,12)8-1-2-8/h7-8H,1-6H2. The van der Waals surface area contributed by atoms with Gasteiger partial charge in [0.2, 0.25) is 10.0 Å². The van der Waals surface area contributed by atoms with E-state index in [4.69, 9.17) is 11.6 Å². The summed E-state index contributed by atoms with van der Waals surface area (Å²) in [5, 5.41) is -0.101. The Labute approximate surface area is 94.2 Å². The Balaban J connectivity index is 2.13. The molecule has 1 heterocycles. The average molecular weight is 256 g/mol. The van der Waals surface area contributed by atoms with Gasteiger partial charge in [-0.3, -0.25) is 0 Å². The minimum atomic E-state index is -3.01. The van der Waals surface area contributed by atoms with Gasteiger partial charge in [-0.2, -0.15) is 16.1 Å². The lowest BCUT2D eigenvalue weighted by Crippen LogP contribution is -2.48. The zero-order valence-electron chi connectivity index (χ0n) is 7.86. The van der Waals surface area contributed by atoms with Gasteiger partial charge in [0.05, 0.1) is 5.25 Å². The normalized spacial score (nSPS) is 30.5. The van der Waals surface area contributed by atoms with Crippen LogP contribution in [0, 0.1) is 0 Å². The van der Waals surface area contributed by atoms with Crippen molar-refractivity contribution in [3.05, 3.63) is 0 Å². The molecule has 82 valence electrons. The number of thioether (sulfide) groups is 1. The van der Waals surface area contributed by atoms with Gasteiger partial charge in [0, 0.05) is 30.0 Å². The zero-order valence-corrected chi connectivity index (χ0v) is 10.2. The summed E-state index contributed by atoms with van der Waals surface area (Å²) in [4.78, 5) is 0. The zero-order chi connectivity index (χ0) is 10.2. The van der Waals surface area contributed by atoms with Gasteiger partial charge in [0.25, 0.3) is 0 Å². The van der Waals surface area contributed by atoms with Crippen LogP contribution in [0.3, 0.4) is 0 Å². The third kappa shape index (κ3) is 2.05. The van der Waals surface area contributed by atoms with E-state index >= 15 is 0 Å². The van der Waals surface area contributed by atoms with Crippen LogP contribution in [0.4, 0.5) is 0 Å². The van der Waals surface area contributed by atoms with Crippen LogP contribution in [0.25, 0.3) is 0 Å². The first-order valence-corrected chi connectivity index (χ1v) is 8.00. The van der Waals surface area contributed by atoms with Crippen LogP contribution in [0.2, 0.25) is 0 Å². The Morgan fingerprint density at radius 2 is 2.14 bits per heavy atom. The van der Waals surface area contributed by atoms with Gasteiger partial charge in [-0.1, -0.05) is 0 Å². The van der Waals surface area contributed by atoms with Gasteiger partial charge in [-0.25, -0.2) is 8.42 Å². The molecule has 1 atom stereocenters. The molecule has 0 spiro atoms. The highest BCUT2D eigenvalue weighted by Crippen LogP contribution is 2.33. The van der Waals surface area contributed by atoms with Crippen molar-refractivity contribution >= 4 is 33.4 Å². The van der Waals surface area contributed by atoms with E-state index in [-0.39, 0.29) is 11.3 Å². The number of alkyl halides is 1. The fourth-order valence-corrected chi connectivity index (χ4v) is 5.44. The lowest BCUT2D eigenvalue weighted by Gasteiger charge is -2.33. The monoisotopic (exact) mass is 255 g/mol. The molecular weight excluding hydrogens is 242 g/mol. The van der Waals surface area contributed by atoms with Crippen molar-refractivity contribution in [3.8, 4) is 0 Å². The van der Waals surface area contributed by atoms with Gasteiger partial charge in [0.15, 0.2) is 0 Å². The highest BCUT2D eigenvalue weighted by Gasteiger charge is 2.43. The van der Waals surface area contributed by atoms with Crippen LogP contribution in [0.5, 0.6) is 0 Å². The number of sulfonamides is 1. The maximum Gasteiger partial charge on any atom is 0.217 e. The van der Waals surface area contributed by atoms with Crippen LogP contribution in [-0.2, 0) is 10.0 Å². The summed E-state index contributed by atoms with van der Waals surface area (Å²) in [7, 11) is -3.01. The number of hydrogen-bond donors (Lipinski definition) is 0. The molecule has 1 unspecified atom stereocenters. The highest BCUT2D eigenvalue weighted by atomic mass is 35.5. The molecule has 1 aliphatic carbocycles. The molecule has 0 N–H and O–H groups in total. The van der Waals surface area contributed by atoms with Crippen molar-refractivity contribution in [2.24, 2.45) is 0 Å². The van der Waals surface area contributed by atoms with Crippen LogP contribution in [-0.4, -0.2) is 47.9 Å². The second-order valence-corrected chi connectivity index (χ2v) is 7.36. The number of rotatable bonds is 3. The highest BCUT2D eigenvalue weighted by molar-refractivity contribution is 7.99. The van der Waals surface area contributed by atoms with Crippen LogP contribution >= 0.6 is 23.4 Å². The van der Waals surface area contributed by atoms with Gasteiger partial charge >= 0.3 is 0 Å². The van der Waals surface area contributed by atoms with Crippen molar-refractivity contribution in [1.82, 2.24) is 4.31 Å². The molecule has 3 nitrogen and oxygen atoms in total. The largest absolute Gasteiger partial charge is 0.217 e. The molecule has 1 saturated carbocycles. The molecule has 0 bridgehead atoms. The molecular formula is C8H14ClNO2S2. The Kier molecular flexibility index (Phi) is 3.31. The number of nitrogens with zero attached hydrogens (tertiary/aromatic N) is 1. The van der Waals surface area contributed by atoms with Crippen molar-refractivity contribution in [1.29, 1.82) is 0 Å². The summed E-state index contributed by atoms with van der Waals surface area (Å²) in [6, 6.07) is 0.0148. The van der Waals surface area contributed by atoms with Crippen molar-refractivity contribution in [2.75, 3.05) is 23.9 Å². The third-order valence-corrected chi connectivity index (χ3v) is 6.52. The maximum absolute atomic E-state index is 12.0. The molecule has 2 aliphatic rings. The molecule has 0 amide bonds. The quantitative estimate of drug-likeness (QED) is 0.710. The average Bonchev–Trinajstić information content (AvgIpc) is 3.01. The molecule has 1 saturated heterocycles. The van der Waals surface area contributed by atoms with E-state index in [9.17, 15) is 8.42 Å². The first-order valence-electron chi connectivity index (χ1n) is 4.80. The lowest BCUT2D eigenvalue weighted by atomic mass is 10.4. The second kappa shape index (κ2) is 4.20. The molecule has 1 aliphatic heterocycles. The van der Waals surface area contributed by atoms with E-state index in [2.05, 4.69) is 0 Å². The molecule has 2 rings (SSSR count). The van der Waals surface area contributed by atoms with Gasteiger partial charge in [0.1, 0.15) is 0 Å². The predicted molar refractivity (Wildman–Crippen MR) is 60.5 cm³/mol. The summed E-state index contributed by atoms with van der Waals surface area (Å²) in [5.41, 5.74) is 0. The maximum atomic E-state index is 12.0. The second-order valence-electron chi connectivity index (χ2n) is 3.74. The molecule has 0 radical (unpaired) electrons. The summed E-state index contributed by atoms with van der Waals surface area (Å²) in [6.07, 6.45) is 1.67. The van der Waals surface area contributed by atoms with E-state index in [1.807, 2.05) is 0 Å². The summed E-state index contributed by atoms with van der Waals surface area (Å²) >= 11 is 7.58. The van der Waals surface area contributed by atoms with Gasteiger partial charge in [-0.05, 0) is 12.8 Å². The number of hydrogen-bond acceptors (Lipinski definition) is 3. The van der Waals surface area contributed by atoms with E-state index in [1.165, 1.54) is 0 Å². The van der Waals surface area contributed by atoms with Crippen molar-refractivity contribution < 1.29 is 8.42 Å². The fourth-order valence-electron chi connectivity index (χ4n) is 1.65. The van der Waals surface area contributed by atoms with Crippen LogP contribution in [0.1, 0.15) is 12.8 Å². The predicted octanol–water partition coefficient (Wildman–Crippen LogP) is 1.13. The topological polar surface area (TPSA) is 37.4 Å². The minimum Gasteiger partial charge on any atom is -0.212 e. The Morgan fingerprint density at radius 3 is 2.71 bits per heavy atom. The Hall–Kier alpha value is 0.550. The van der Waals surface area contributed by atoms with Crippen LogP contribution < -0.4 is 0 Å². The molecule has 14 heavy (non-hydrogen) atoms.